The van der Waals surface area contributed by atoms with Gasteiger partial charge in [-0.25, -0.2) is 0 Å². The van der Waals surface area contributed by atoms with Gasteiger partial charge in [-0.15, -0.1) is 0 Å². The molecule has 0 fully saturated rings. The van der Waals surface area contributed by atoms with E-state index in [0.29, 0.717) is 0 Å². The zero-order chi connectivity index (χ0) is 12.7. The first kappa shape index (κ1) is 10.4. The van der Waals surface area contributed by atoms with E-state index >= 15 is 0 Å². The van der Waals surface area contributed by atoms with Gasteiger partial charge in [-0.1, -0.05) is 6.07 Å². The SMILES string of the molecule is C1=COc2ccc3c(c2=C1)=C(c1ccc[nH]1)N=CC3. The number of fused-ring (bicyclic) bond motifs is 3. The number of nitrogens with one attached hydrogen (secondary N) is 1. The fourth-order valence-corrected chi connectivity index (χ4v) is 2.59. The smallest absolute Gasteiger partial charge is 0.134 e. The van der Waals surface area contributed by atoms with Crippen LogP contribution in [0.15, 0.2) is 47.8 Å². The molecule has 1 N–H and O–H groups in total. The van der Waals surface area contributed by atoms with Gasteiger partial charge in [0.2, 0.25) is 0 Å². The number of allylic oxidation sites excluding steroid dienone is 1. The third-order valence-corrected chi connectivity index (χ3v) is 3.45. The van der Waals surface area contributed by atoms with Crippen molar-refractivity contribution in [2.75, 3.05) is 0 Å². The number of aromatic nitrogens is 1. The molecule has 2 aliphatic heterocycles. The normalized spacial score (nSPS) is 15.5. The molecule has 0 saturated heterocycles. The van der Waals surface area contributed by atoms with Gasteiger partial charge in [-0.2, -0.15) is 0 Å². The average Bonchev–Trinajstić information content (AvgIpc) is 3.00. The van der Waals surface area contributed by atoms with Crippen LogP contribution < -0.4 is 15.2 Å². The van der Waals surface area contributed by atoms with Crippen molar-refractivity contribution >= 4 is 18.0 Å². The number of hydrogen-bond donors (Lipinski definition) is 1. The molecule has 0 atom stereocenters. The lowest BCUT2D eigenvalue weighted by molar-refractivity contribution is 0.473. The van der Waals surface area contributed by atoms with Crippen LogP contribution in [0, 0.1) is 0 Å². The first-order chi connectivity index (χ1) is 9.43. The maximum Gasteiger partial charge on any atom is 0.134 e. The minimum absolute atomic E-state index is 0.865. The molecule has 3 nitrogen and oxygen atoms in total. The quantitative estimate of drug-likeness (QED) is 0.815. The molecule has 4 rings (SSSR count). The Morgan fingerprint density at radius 1 is 1.21 bits per heavy atom. The molecule has 0 saturated carbocycles. The van der Waals surface area contributed by atoms with Crippen LogP contribution in [-0.2, 0) is 6.42 Å². The molecule has 19 heavy (non-hydrogen) atoms. The number of rotatable bonds is 1. The molecule has 3 heteroatoms. The number of aliphatic imine (C=N–C) groups is 1. The van der Waals surface area contributed by atoms with Crippen molar-refractivity contribution in [1.29, 1.82) is 0 Å². The van der Waals surface area contributed by atoms with E-state index in [1.807, 2.05) is 36.7 Å². The molecule has 92 valence electrons. The summed E-state index contributed by atoms with van der Waals surface area (Å²) in [5.74, 6) is 0.891. The molecule has 0 bridgehead atoms. The van der Waals surface area contributed by atoms with Crippen molar-refractivity contribution in [3.05, 3.63) is 64.5 Å². The van der Waals surface area contributed by atoms with Gasteiger partial charge in [0.05, 0.1) is 17.7 Å². The first-order valence-corrected chi connectivity index (χ1v) is 6.29. The van der Waals surface area contributed by atoms with Crippen molar-refractivity contribution in [2.45, 2.75) is 6.42 Å². The van der Waals surface area contributed by atoms with Gasteiger partial charge < -0.3 is 9.72 Å². The topological polar surface area (TPSA) is 37.4 Å². The van der Waals surface area contributed by atoms with E-state index in [2.05, 4.69) is 22.1 Å². The maximum atomic E-state index is 5.57. The third-order valence-electron chi connectivity index (χ3n) is 3.45. The van der Waals surface area contributed by atoms with Gasteiger partial charge >= 0.3 is 0 Å². The van der Waals surface area contributed by atoms with E-state index in [1.165, 1.54) is 10.8 Å². The zero-order valence-corrected chi connectivity index (χ0v) is 10.3. The summed E-state index contributed by atoms with van der Waals surface area (Å²) < 4.78 is 5.57. The predicted octanol–water partition coefficient (Wildman–Crippen LogP) is 1.48. The van der Waals surface area contributed by atoms with E-state index < -0.39 is 0 Å². The van der Waals surface area contributed by atoms with Crippen LogP contribution in [0.1, 0.15) is 11.3 Å². The lowest BCUT2D eigenvalue weighted by Crippen LogP contribution is -2.34. The standard InChI is InChI=1S/C16H12N2O/c1-4-13(17-8-1)16-15-11(7-9-18-16)5-6-14-12(15)3-2-10-19-14/h1-6,8-10,17H,7H2. The second kappa shape index (κ2) is 3.99. The summed E-state index contributed by atoms with van der Waals surface area (Å²) in [6.45, 7) is 0. The Morgan fingerprint density at radius 2 is 2.21 bits per heavy atom. The van der Waals surface area contributed by atoms with Crippen molar-refractivity contribution in [3.63, 3.8) is 0 Å². The first-order valence-electron chi connectivity index (χ1n) is 6.29. The number of H-pyrrole nitrogens is 1. The molecule has 0 unspecified atom stereocenters. The molecule has 0 spiro atoms. The Labute approximate surface area is 110 Å². The Morgan fingerprint density at radius 3 is 3.11 bits per heavy atom. The minimum atomic E-state index is 0.865. The number of benzene rings is 1. The highest BCUT2D eigenvalue weighted by Gasteiger charge is 2.13. The monoisotopic (exact) mass is 248 g/mol. The van der Waals surface area contributed by atoms with Gasteiger partial charge in [0.1, 0.15) is 5.75 Å². The van der Waals surface area contributed by atoms with E-state index in [-0.39, 0.29) is 0 Å². The fraction of sp³-hybridized carbons (Fsp3) is 0.0625. The summed E-state index contributed by atoms with van der Waals surface area (Å²) in [5.41, 5.74) is 3.31. The molecule has 0 amide bonds. The van der Waals surface area contributed by atoms with Gasteiger partial charge in [0, 0.05) is 29.3 Å². The maximum absolute atomic E-state index is 5.57. The highest BCUT2D eigenvalue weighted by molar-refractivity contribution is 5.78. The summed E-state index contributed by atoms with van der Waals surface area (Å²) in [6.07, 6.45) is 10.5. The molecule has 2 aromatic rings. The molecule has 0 aliphatic carbocycles. The van der Waals surface area contributed by atoms with Crippen molar-refractivity contribution in [3.8, 4) is 5.75 Å². The van der Waals surface area contributed by atoms with E-state index in [1.54, 1.807) is 6.26 Å². The van der Waals surface area contributed by atoms with E-state index in [4.69, 9.17) is 4.74 Å². The second-order valence-electron chi connectivity index (χ2n) is 4.57. The molecular weight excluding hydrogens is 236 g/mol. The van der Waals surface area contributed by atoms with Gasteiger partial charge in [0.25, 0.3) is 0 Å². The van der Waals surface area contributed by atoms with Crippen LogP contribution in [0.2, 0.25) is 0 Å². The Balaban J connectivity index is 2.19. The van der Waals surface area contributed by atoms with Crippen LogP contribution >= 0.6 is 0 Å². The van der Waals surface area contributed by atoms with Crippen LogP contribution in [0.4, 0.5) is 0 Å². The number of ether oxygens (including phenoxy) is 1. The van der Waals surface area contributed by atoms with Crippen molar-refractivity contribution in [1.82, 2.24) is 4.98 Å². The zero-order valence-electron chi connectivity index (χ0n) is 10.3. The lowest BCUT2D eigenvalue weighted by atomic mass is 10.0. The molecule has 1 aromatic carbocycles. The largest absolute Gasteiger partial charge is 0.464 e. The van der Waals surface area contributed by atoms with Crippen LogP contribution in [-0.4, -0.2) is 11.2 Å². The van der Waals surface area contributed by atoms with Crippen LogP contribution in [0.25, 0.3) is 11.8 Å². The van der Waals surface area contributed by atoms with E-state index in [0.717, 1.165) is 28.8 Å². The average molecular weight is 248 g/mol. The summed E-state index contributed by atoms with van der Waals surface area (Å²) in [7, 11) is 0. The summed E-state index contributed by atoms with van der Waals surface area (Å²) >= 11 is 0. The summed E-state index contributed by atoms with van der Waals surface area (Å²) in [4.78, 5) is 7.81. The summed E-state index contributed by atoms with van der Waals surface area (Å²) in [6, 6.07) is 8.18. The minimum Gasteiger partial charge on any atom is -0.464 e. The van der Waals surface area contributed by atoms with Crippen molar-refractivity contribution in [2.24, 2.45) is 4.99 Å². The number of nitrogens with zero attached hydrogens (tertiary/aromatic N) is 1. The lowest BCUT2D eigenvalue weighted by Gasteiger charge is -2.13. The highest BCUT2D eigenvalue weighted by Crippen LogP contribution is 2.15. The van der Waals surface area contributed by atoms with Crippen LogP contribution in [0.3, 0.4) is 0 Å². The predicted molar refractivity (Wildman–Crippen MR) is 75.4 cm³/mol. The van der Waals surface area contributed by atoms with Gasteiger partial charge in [0.15, 0.2) is 0 Å². The van der Waals surface area contributed by atoms with Gasteiger partial charge in [-0.3, -0.25) is 4.99 Å². The van der Waals surface area contributed by atoms with Crippen molar-refractivity contribution < 1.29 is 4.74 Å². The van der Waals surface area contributed by atoms with E-state index in [9.17, 15) is 0 Å². The Bertz CT molecular complexity index is 811. The van der Waals surface area contributed by atoms with Crippen LogP contribution in [0.5, 0.6) is 5.75 Å². The molecular formula is C16H12N2O. The molecule has 3 heterocycles. The third kappa shape index (κ3) is 1.55. The second-order valence-corrected chi connectivity index (χ2v) is 4.57. The number of hydrogen-bond acceptors (Lipinski definition) is 2. The Hall–Kier alpha value is -2.55. The number of aromatic amines is 1. The molecule has 2 aliphatic rings. The Kier molecular flexibility index (Phi) is 2.18. The molecule has 0 radical (unpaired) electrons. The van der Waals surface area contributed by atoms with Gasteiger partial charge in [-0.05, 0) is 35.9 Å². The highest BCUT2D eigenvalue weighted by atomic mass is 16.5. The molecule has 1 aromatic heterocycles. The fourth-order valence-electron chi connectivity index (χ4n) is 2.59. The summed E-state index contributed by atoms with van der Waals surface area (Å²) in [5, 5.41) is 2.29.